The zero-order valence-corrected chi connectivity index (χ0v) is 18.1. The van der Waals surface area contributed by atoms with Crippen LogP contribution in [0.3, 0.4) is 0 Å². The molecule has 1 aromatic carbocycles. The number of nitrogens with zero attached hydrogens (tertiary/aromatic N) is 3. The van der Waals surface area contributed by atoms with E-state index in [1.807, 2.05) is 63.8 Å². The number of rotatable bonds is 3. The van der Waals surface area contributed by atoms with Gasteiger partial charge in [0.1, 0.15) is 5.60 Å². The first-order chi connectivity index (χ1) is 13.4. The summed E-state index contributed by atoms with van der Waals surface area (Å²) in [5.41, 5.74) is 0.963. The largest absolute Gasteiger partial charge is 0.357 e. The van der Waals surface area contributed by atoms with Gasteiger partial charge in [-0.15, -0.1) is 0 Å². The molecule has 154 valence electrons. The average Bonchev–Trinajstić information content (AvgIpc) is 2.89. The van der Waals surface area contributed by atoms with Gasteiger partial charge in [0.15, 0.2) is 0 Å². The smallest absolute Gasteiger partial charge is 0.254 e. The number of benzene rings is 1. The summed E-state index contributed by atoms with van der Waals surface area (Å²) in [5, 5.41) is 8.93. The topological polar surface area (TPSA) is 56.6 Å². The Labute approximate surface area is 170 Å². The van der Waals surface area contributed by atoms with Crippen LogP contribution in [0.25, 0.3) is 0 Å². The average molecular weight is 386 g/mol. The maximum atomic E-state index is 12.5. The lowest BCUT2D eigenvalue weighted by atomic mass is 9.88. The van der Waals surface area contributed by atoms with Gasteiger partial charge in [0.05, 0.1) is 17.2 Å². The molecule has 5 nitrogen and oxygen atoms in total. The molecule has 2 aliphatic heterocycles. The van der Waals surface area contributed by atoms with Crippen molar-refractivity contribution in [2.24, 2.45) is 0 Å². The molecule has 0 aromatic heterocycles. The van der Waals surface area contributed by atoms with Gasteiger partial charge in [-0.3, -0.25) is 9.69 Å². The second-order valence-corrected chi connectivity index (χ2v) is 8.05. The summed E-state index contributed by atoms with van der Waals surface area (Å²) in [6.07, 6.45) is 3.00. The van der Waals surface area contributed by atoms with Crippen molar-refractivity contribution in [1.82, 2.24) is 9.80 Å². The summed E-state index contributed by atoms with van der Waals surface area (Å²) in [5.74, 6) is 0.101. The van der Waals surface area contributed by atoms with Crippen molar-refractivity contribution in [3.05, 3.63) is 35.4 Å². The van der Waals surface area contributed by atoms with Gasteiger partial charge in [0.25, 0.3) is 5.91 Å². The van der Waals surface area contributed by atoms with Gasteiger partial charge in [-0.25, -0.2) is 0 Å². The van der Waals surface area contributed by atoms with Crippen molar-refractivity contribution in [1.29, 1.82) is 5.26 Å². The van der Waals surface area contributed by atoms with E-state index in [4.69, 9.17) is 10.00 Å². The van der Waals surface area contributed by atoms with Gasteiger partial charge in [0, 0.05) is 26.2 Å². The highest BCUT2D eigenvalue weighted by molar-refractivity contribution is 5.85. The molecule has 1 amide bonds. The normalized spacial score (nSPS) is 24.9. The van der Waals surface area contributed by atoms with Gasteiger partial charge in [-0.05, 0) is 64.3 Å². The minimum atomic E-state index is -0.740. The van der Waals surface area contributed by atoms with E-state index in [0.717, 1.165) is 45.4 Å². The second-order valence-electron chi connectivity index (χ2n) is 8.05. The molecule has 0 saturated carbocycles. The first-order valence-corrected chi connectivity index (χ1v) is 10.6. The highest BCUT2D eigenvalue weighted by Crippen LogP contribution is 2.37. The SMILES string of the molecule is CC.CCN1CC2(CCCN(Cc3ccc(C#N)cc3)CC2)OC(C)(C)C1=O. The minimum absolute atomic E-state index is 0.101. The third kappa shape index (κ3) is 5.12. The summed E-state index contributed by atoms with van der Waals surface area (Å²) in [4.78, 5) is 16.9. The molecular formula is C23H35N3O2. The predicted molar refractivity (Wildman–Crippen MR) is 112 cm³/mol. The summed E-state index contributed by atoms with van der Waals surface area (Å²) >= 11 is 0. The number of carbonyl (C=O) groups excluding carboxylic acids is 1. The Bertz CT molecular complexity index is 693. The van der Waals surface area contributed by atoms with Gasteiger partial charge in [0.2, 0.25) is 0 Å². The van der Waals surface area contributed by atoms with E-state index in [2.05, 4.69) is 11.0 Å². The molecule has 28 heavy (non-hydrogen) atoms. The number of amides is 1. The third-order valence-electron chi connectivity index (χ3n) is 5.61. The molecule has 0 bridgehead atoms. The Morgan fingerprint density at radius 3 is 2.43 bits per heavy atom. The van der Waals surface area contributed by atoms with Crippen molar-refractivity contribution < 1.29 is 9.53 Å². The maximum absolute atomic E-state index is 12.5. The quantitative estimate of drug-likeness (QED) is 0.790. The van der Waals surface area contributed by atoms with Crippen LogP contribution in [-0.4, -0.2) is 53.1 Å². The van der Waals surface area contributed by atoms with E-state index in [1.165, 1.54) is 5.56 Å². The minimum Gasteiger partial charge on any atom is -0.357 e. The monoisotopic (exact) mass is 385 g/mol. The van der Waals surface area contributed by atoms with Crippen LogP contribution in [0.4, 0.5) is 0 Å². The fourth-order valence-electron chi connectivity index (χ4n) is 4.26. The summed E-state index contributed by atoms with van der Waals surface area (Å²) in [6.45, 7) is 14.2. The van der Waals surface area contributed by atoms with Crippen molar-refractivity contribution >= 4 is 5.91 Å². The molecule has 2 aliphatic rings. The van der Waals surface area contributed by atoms with E-state index >= 15 is 0 Å². The number of morpholine rings is 1. The first kappa shape index (κ1) is 22.4. The Hall–Kier alpha value is -1.90. The van der Waals surface area contributed by atoms with E-state index < -0.39 is 5.60 Å². The van der Waals surface area contributed by atoms with Crippen LogP contribution in [0.5, 0.6) is 0 Å². The number of hydrogen-bond acceptors (Lipinski definition) is 4. The standard InChI is InChI=1S/C21H29N3O2.C2H6/c1-4-24-16-21(26-20(2,3)19(24)25)10-5-12-23(13-11-21)15-18-8-6-17(14-22)7-9-18;1-2/h6-9H,4-5,10-13,15-16H2,1-3H3;1-2H3. The van der Waals surface area contributed by atoms with E-state index in [0.29, 0.717) is 12.1 Å². The van der Waals surface area contributed by atoms with Crippen molar-refractivity contribution in [3.8, 4) is 6.07 Å². The lowest BCUT2D eigenvalue weighted by Crippen LogP contribution is -2.63. The maximum Gasteiger partial charge on any atom is 0.254 e. The van der Waals surface area contributed by atoms with Crippen LogP contribution in [0, 0.1) is 11.3 Å². The molecule has 3 rings (SSSR count). The Kier molecular flexibility index (Phi) is 7.63. The highest BCUT2D eigenvalue weighted by atomic mass is 16.5. The van der Waals surface area contributed by atoms with Gasteiger partial charge in [-0.2, -0.15) is 5.26 Å². The fraction of sp³-hybridized carbons (Fsp3) is 0.652. The van der Waals surface area contributed by atoms with Gasteiger partial charge in [-0.1, -0.05) is 26.0 Å². The van der Waals surface area contributed by atoms with Crippen molar-refractivity contribution in [3.63, 3.8) is 0 Å². The number of likely N-dealkylation sites (N-methyl/N-ethyl adjacent to an activating group) is 1. The van der Waals surface area contributed by atoms with Gasteiger partial charge < -0.3 is 9.64 Å². The molecule has 0 aliphatic carbocycles. The lowest BCUT2D eigenvalue weighted by molar-refractivity contribution is -0.209. The van der Waals surface area contributed by atoms with Crippen LogP contribution in [0.15, 0.2) is 24.3 Å². The van der Waals surface area contributed by atoms with Crippen LogP contribution < -0.4 is 0 Å². The number of nitriles is 1. The zero-order chi connectivity index (χ0) is 20.8. The lowest BCUT2D eigenvalue weighted by Gasteiger charge is -2.49. The van der Waals surface area contributed by atoms with E-state index in [-0.39, 0.29) is 11.5 Å². The van der Waals surface area contributed by atoms with Crippen molar-refractivity contribution in [2.75, 3.05) is 26.2 Å². The fourth-order valence-corrected chi connectivity index (χ4v) is 4.26. The predicted octanol–water partition coefficient (Wildman–Crippen LogP) is 3.97. The molecule has 1 aromatic rings. The summed E-state index contributed by atoms with van der Waals surface area (Å²) in [7, 11) is 0. The van der Waals surface area contributed by atoms with Crippen molar-refractivity contribution in [2.45, 2.75) is 71.6 Å². The summed E-state index contributed by atoms with van der Waals surface area (Å²) in [6, 6.07) is 10.0. The number of ether oxygens (including phenoxy) is 1. The van der Waals surface area contributed by atoms with E-state index in [1.54, 1.807) is 0 Å². The van der Waals surface area contributed by atoms with E-state index in [9.17, 15) is 4.79 Å². The first-order valence-electron chi connectivity index (χ1n) is 10.6. The Balaban J connectivity index is 0.00000136. The molecule has 5 heteroatoms. The molecule has 1 spiro atoms. The Morgan fingerprint density at radius 2 is 1.82 bits per heavy atom. The molecule has 0 N–H and O–H groups in total. The molecular weight excluding hydrogens is 350 g/mol. The zero-order valence-electron chi connectivity index (χ0n) is 18.1. The number of hydrogen-bond donors (Lipinski definition) is 0. The molecule has 2 heterocycles. The molecule has 0 radical (unpaired) electrons. The van der Waals surface area contributed by atoms with Gasteiger partial charge >= 0.3 is 0 Å². The van der Waals surface area contributed by atoms with Crippen LogP contribution >= 0.6 is 0 Å². The molecule has 2 saturated heterocycles. The van der Waals surface area contributed by atoms with Crippen LogP contribution in [0.2, 0.25) is 0 Å². The number of likely N-dealkylation sites (tertiary alicyclic amines) is 1. The highest BCUT2D eigenvalue weighted by Gasteiger charge is 2.49. The Morgan fingerprint density at radius 1 is 1.14 bits per heavy atom. The molecule has 1 atom stereocenters. The van der Waals surface area contributed by atoms with Crippen LogP contribution in [-0.2, 0) is 16.1 Å². The third-order valence-corrected chi connectivity index (χ3v) is 5.61. The second kappa shape index (κ2) is 9.54. The number of carbonyl (C=O) groups is 1. The summed E-state index contributed by atoms with van der Waals surface area (Å²) < 4.78 is 6.40. The molecule has 2 fully saturated rings. The molecule has 1 unspecified atom stereocenters. The van der Waals surface area contributed by atoms with Crippen LogP contribution in [0.1, 0.15) is 65.0 Å².